The average Bonchev–Trinajstić information content (AvgIpc) is 3.26. The molecule has 6 nitrogen and oxygen atoms in total. The maximum atomic E-state index is 13.0. The van der Waals surface area contributed by atoms with Gasteiger partial charge in [0.05, 0.1) is 16.7 Å². The Bertz CT molecular complexity index is 1410. The Kier molecular flexibility index (Phi) is 6.35. The summed E-state index contributed by atoms with van der Waals surface area (Å²) < 4.78 is 78.8. The van der Waals surface area contributed by atoms with Crippen LogP contribution in [0.5, 0.6) is 0 Å². The zero-order valence-corrected chi connectivity index (χ0v) is 17.9. The van der Waals surface area contributed by atoms with Gasteiger partial charge in [-0.1, -0.05) is 30.3 Å². The highest BCUT2D eigenvalue weighted by atomic mass is 19.4. The van der Waals surface area contributed by atoms with E-state index in [9.17, 15) is 36.2 Å². The summed E-state index contributed by atoms with van der Waals surface area (Å²) in [6.45, 7) is 0. The summed E-state index contributed by atoms with van der Waals surface area (Å²) in [5.74, 6) is -1.43. The van der Waals surface area contributed by atoms with Crippen LogP contribution in [-0.2, 0) is 17.1 Å². The van der Waals surface area contributed by atoms with E-state index in [1.807, 2.05) is 0 Å². The molecule has 2 aromatic carbocycles. The molecule has 2 aromatic heterocycles. The van der Waals surface area contributed by atoms with Gasteiger partial charge in [0.2, 0.25) is 0 Å². The van der Waals surface area contributed by atoms with Crippen molar-refractivity contribution in [2.75, 3.05) is 0 Å². The van der Waals surface area contributed by atoms with E-state index in [4.69, 9.17) is 0 Å². The molecule has 0 amide bonds. The second kappa shape index (κ2) is 9.29. The quantitative estimate of drug-likeness (QED) is 0.261. The first-order valence-corrected chi connectivity index (χ1v) is 10.1. The Balaban J connectivity index is 1.86. The van der Waals surface area contributed by atoms with Gasteiger partial charge in [-0.05, 0) is 30.3 Å². The smallest absolute Gasteiger partial charge is 0.416 e. The number of carboxylic acids is 1. The van der Waals surface area contributed by atoms with Gasteiger partial charge in [-0.15, -0.1) is 5.10 Å². The van der Waals surface area contributed by atoms with Gasteiger partial charge in [0, 0.05) is 35.3 Å². The molecular weight excluding hydrogens is 490 g/mol. The standard InChI is InChI=1S/C24H14F6N4O2/c25-23(26,27)17-7-3-14(4-8-17)20-32-21(15-5-9-18(10-6-15)24(28,29)30)34(33-20)13-19(22(35)36)16-2-1-11-31-12-16/h1-13H,(H,35,36). The van der Waals surface area contributed by atoms with Crippen molar-refractivity contribution in [1.82, 2.24) is 19.7 Å². The lowest BCUT2D eigenvalue weighted by molar-refractivity contribution is -0.138. The Morgan fingerprint density at radius 1 is 0.833 bits per heavy atom. The monoisotopic (exact) mass is 504 g/mol. The van der Waals surface area contributed by atoms with Crippen molar-refractivity contribution in [3.05, 3.63) is 89.7 Å². The van der Waals surface area contributed by atoms with E-state index < -0.39 is 29.4 Å². The summed E-state index contributed by atoms with van der Waals surface area (Å²) in [5.41, 5.74) is -1.48. The molecule has 0 unspecified atom stereocenters. The summed E-state index contributed by atoms with van der Waals surface area (Å²) in [5, 5.41) is 13.9. The van der Waals surface area contributed by atoms with Crippen molar-refractivity contribution in [3.8, 4) is 22.8 Å². The molecule has 184 valence electrons. The Morgan fingerprint density at radius 3 is 1.86 bits per heavy atom. The van der Waals surface area contributed by atoms with Crippen molar-refractivity contribution >= 4 is 17.7 Å². The van der Waals surface area contributed by atoms with Crippen LogP contribution in [-0.4, -0.2) is 30.8 Å². The van der Waals surface area contributed by atoms with Gasteiger partial charge >= 0.3 is 18.3 Å². The maximum Gasteiger partial charge on any atom is 0.416 e. The molecule has 4 aromatic rings. The number of hydrogen-bond donors (Lipinski definition) is 1. The van der Waals surface area contributed by atoms with Gasteiger partial charge in [-0.3, -0.25) is 4.98 Å². The van der Waals surface area contributed by atoms with Crippen LogP contribution in [0.4, 0.5) is 26.3 Å². The molecule has 0 saturated carbocycles. The molecule has 0 radical (unpaired) electrons. The molecule has 0 fully saturated rings. The lowest BCUT2D eigenvalue weighted by atomic mass is 10.1. The van der Waals surface area contributed by atoms with E-state index in [-0.39, 0.29) is 33.9 Å². The predicted octanol–water partition coefficient (Wildman–Crippen LogP) is 6.13. The summed E-state index contributed by atoms with van der Waals surface area (Å²) in [7, 11) is 0. The fraction of sp³-hybridized carbons (Fsp3) is 0.0833. The number of benzene rings is 2. The van der Waals surface area contributed by atoms with Gasteiger partial charge in [-0.25, -0.2) is 14.5 Å². The third-order valence-electron chi connectivity index (χ3n) is 5.03. The number of nitrogens with zero attached hydrogens (tertiary/aromatic N) is 4. The largest absolute Gasteiger partial charge is 0.478 e. The molecule has 0 atom stereocenters. The molecule has 2 heterocycles. The van der Waals surface area contributed by atoms with E-state index >= 15 is 0 Å². The number of carbonyl (C=O) groups is 1. The van der Waals surface area contributed by atoms with Gasteiger partial charge < -0.3 is 5.11 Å². The number of rotatable bonds is 5. The van der Waals surface area contributed by atoms with Gasteiger partial charge in [0.1, 0.15) is 0 Å². The third kappa shape index (κ3) is 5.27. The summed E-state index contributed by atoms with van der Waals surface area (Å²) in [4.78, 5) is 20.1. The summed E-state index contributed by atoms with van der Waals surface area (Å²) in [6, 6.07) is 10.9. The molecule has 0 spiro atoms. The number of halogens is 6. The molecule has 0 bridgehead atoms. The van der Waals surface area contributed by atoms with E-state index in [2.05, 4.69) is 15.1 Å². The fourth-order valence-electron chi connectivity index (χ4n) is 3.25. The molecule has 1 N–H and O–H groups in total. The molecule has 36 heavy (non-hydrogen) atoms. The molecule has 12 heteroatoms. The minimum absolute atomic E-state index is 0.0266. The topological polar surface area (TPSA) is 80.9 Å². The highest BCUT2D eigenvalue weighted by Crippen LogP contribution is 2.33. The first kappa shape index (κ1) is 24.6. The average molecular weight is 504 g/mol. The van der Waals surface area contributed by atoms with Crippen LogP contribution < -0.4 is 0 Å². The van der Waals surface area contributed by atoms with Crippen LogP contribution in [0.25, 0.3) is 34.5 Å². The fourth-order valence-corrected chi connectivity index (χ4v) is 3.25. The minimum Gasteiger partial charge on any atom is -0.478 e. The highest BCUT2D eigenvalue weighted by molar-refractivity contribution is 6.19. The predicted molar refractivity (Wildman–Crippen MR) is 117 cm³/mol. The number of hydrogen-bond acceptors (Lipinski definition) is 4. The minimum atomic E-state index is -4.58. The van der Waals surface area contributed by atoms with Crippen LogP contribution in [0.1, 0.15) is 16.7 Å². The molecule has 4 rings (SSSR count). The molecule has 0 aliphatic heterocycles. The van der Waals surface area contributed by atoms with Crippen molar-refractivity contribution < 1.29 is 36.2 Å². The Hall–Kier alpha value is -4.48. The zero-order valence-electron chi connectivity index (χ0n) is 17.9. The van der Waals surface area contributed by atoms with Crippen molar-refractivity contribution in [2.24, 2.45) is 0 Å². The first-order chi connectivity index (χ1) is 16.9. The van der Waals surface area contributed by atoms with Gasteiger partial charge in [0.15, 0.2) is 11.6 Å². The zero-order chi connectivity index (χ0) is 26.1. The Morgan fingerprint density at radius 2 is 1.39 bits per heavy atom. The van der Waals surface area contributed by atoms with E-state index in [1.54, 1.807) is 0 Å². The highest BCUT2D eigenvalue weighted by Gasteiger charge is 2.31. The molecule has 0 aliphatic carbocycles. The number of aromatic nitrogens is 4. The summed E-state index contributed by atoms with van der Waals surface area (Å²) in [6.07, 6.45) is -5.29. The second-order valence-corrected chi connectivity index (χ2v) is 7.44. The summed E-state index contributed by atoms with van der Waals surface area (Å²) >= 11 is 0. The van der Waals surface area contributed by atoms with E-state index in [0.717, 1.165) is 59.4 Å². The van der Waals surface area contributed by atoms with Crippen LogP contribution in [0.15, 0.2) is 73.1 Å². The number of pyridine rings is 1. The Labute approximate surface area is 199 Å². The number of aliphatic carboxylic acids is 1. The van der Waals surface area contributed by atoms with Gasteiger partial charge in [0.25, 0.3) is 0 Å². The maximum absolute atomic E-state index is 13.0. The van der Waals surface area contributed by atoms with Gasteiger partial charge in [-0.2, -0.15) is 26.3 Å². The second-order valence-electron chi connectivity index (χ2n) is 7.44. The van der Waals surface area contributed by atoms with E-state index in [0.29, 0.717) is 0 Å². The number of carboxylic acid groups (broad SMARTS) is 1. The van der Waals surface area contributed by atoms with Crippen LogP contribution in [0.3, 0.4) is 0 Å². The molecule has 0 saturated heterocycles. The van der Waals surface area contributed by atoms with Crippen molar-refractivity contribution in [1.29, 1.82) is 0 Å². The molecule has 0 aliphatic rings. The SMILES string of the molecule is O=C(O)C(=Cn1nc(-c2ccc(C(F)(F)F)cc2)nc1-c1ccc(C(F)(F)F)cc1)c1cccnc1. The lowest BCUT2D eigenvalue weighted by Crippen LogP contribution is -2.05. The van der Waals surface area contributed by atoms with Crippen LogP contribution in [0.2, 0.25) is 0 Å². The van der Waals surface area contributed by atoms with Crippen molar-refractivity contribution in [3.63, 3.8) is 0 Å². The van der Waals surface area contributed by atoms with E-state index in [1.165, 1.54) is 24.5 Å². The van der Waals surface area contributed by atoms with Crippen LogP contribution in [0, 0.1) is 0 Å². The normalized spacial score (nSPS) is 12.6. The molecular formula is C24H14F6N4O2. The number of alkyl halides is 6. The van der Waals surface area contributed by atoms with Crippen molar-refractivity contribution in [2.45, 2.75) is 12.4 Å². The third-order valence-corrected chi connectivity index (χ3v) is 5.03. The first-order valence-electron chi connectivity index (χ1n) is 10.1. The lowest BCUT2D eigenvalue weighted by Gasteiger charge is -2.08. The van der Waals surface area contributed by atoms with Crippen LogP contribution >= 0.6 is 0 Å².